The molecule has 0 radical (unpaired) electrons. The molecule has 7 heteroatoms. The molecule has 4 rings (SSSR count). The number of amides is 1. The molecule has 1 aliphatic rings. The standard InChI is InChI=1S/C24H29N5O2/c1-18-10-14-28(15-11-18)23-22(9-4-19(2)26-23)24(30)27-20-5-7-21(8-6-20)31-17-16-29-13-3-12-25-29/h3-9,12-13,18H,10-11,14-17H2,1-2H3,(H,27,30). The summed E-state index contributed by atoms with van der Waals surface area (Å²) in [7, 11) is 0. The highest BCUT2D eigenvalue weighted by Crippen LogP contribution is 2.26. The molecule has 0 bridgehead atoms. The first-order valence-electron chi connectivity index (χ1n) is 10.8. The zero-order valence-corrected chi connectivity index (χ0v) is 18.1. The highest BCUT2D eigenvalue weighted by molar-refractivity contribution is 6.07. The summed E-state index contributed by atoms with van der Waals surface area (Å²) < 4.78 is 7.58. The fourth-order valence-electron chi connectivity index (χ4n) is 3.70. The number of rotatable bonds is 7. The lowest BCUT2D eigenvalue weighted by atomic mass is 9.99. The van der Waals surface area contributed by atoms with Crippen LogP contribution in [0.5, 0.6) is 5.75 Å². The van der Waals surface area contributed by atoms with E-state index in [0.717, 1.165) is 54.8 Å². The number of carbonyl (C=O) groups is 1. The van der Waals surface area contributed by atoms with Gasteiger partial charge in [0.2, 0.25) is 0 Å². The summed E-state index contributed by atoms with van der Waals surface area (Å²) in [5, 5.41) is 7.15. The molecule has 1 aliphatic heterocycles. The van der Waals surface area contributed by atoms with E-state index in [9.17, 15) is 4.79 Å². The Kier molecular flexibility index (Phi) is 6.50. The molecule has 1 N–H and O–H groups in total. The Morgan fingerprint density at radius 3 is 2.65 bits per heavy atom. The molecule has 7 nitrogen and oxygen atoms in total. The van der Waals surface area contributed by atoms with Crippen molar-refractivity contribution in [3.63, 3.8) is 0 Å². The highest BCUT2D eigenvalue weighted by Gasteiger charge is 2.22. The lowest BCUT2D eigenvalue weighted by molar-refractivity contribution is 0.102. The summed E-state index contributed by atoms with van der Waals surface area (Å²) >= 11 is 0. The second-order valence-corrected chi connectivity index (χ2v) is 8.09. The van der Waals surface area contributed by atoms with Crippen LogP contribution in [0.1, 0.15) is 35.8 Å². The average Bonchev–Trinajstić information content (AvgIpc) is 3.29. The summed E-state index contributed by atoms with van der Waals surface area (Å²) in [5.74, 6) is 2.11. The molecule has 1 amide bonds. The Morgan fingerprint density at radius 1 is 1.16 bits per heavy atom. The molecule has 31 heavy (non-hydrogen) atoms. The number of aryl methyl sites for hydroxylation is 1. The maximum atomic E-state index is 13.0. The van der Waals surface area contributed by atoms with Gasteiger partial charge in [-0.2, -0.15) is 5.10 Å². The summed E-state index contributed by atoms with van der Waals surface area (Å²) in [5.41, 5.74) is 2.25. The van der Waals surface area contributed by atoms with E-state index in [2.05, 4.69) is 22.2 Å². The molecular formula is C24H29N5O2. The van der Waals surface area contributed by atoms with Crippen molar-refractivity contribution in [2.75, 3.05) is 29.9 Å². The first-order valence-corrected chi connectivity index (χ1v) is 10.8. The van der Waals surface area contributed by atoms with E-state index in [4.69, 9.17) is 9.72 Å². The van der Waals surface area contributed by atoms with Gasteiger partial charge < -0.3 is 15.0 Å². The fraction of sp³-hybridized carbons (Fsp3) is 0.375. The van der Waals surface area contributed by atoms with Gasteiger partial charge in [-0.05, 0) is 68.1 Å². The molecule has 1 saturated heterocycles. The van der Waals surface area contributed by atoms with Crippen LogP contribution < -0.4 is 15.0 Å². The number of hydrogen-bond donors (Lipinski definition) is 1. The predicted octanol–water partition coefficient (Wildman–Crippen LogP) is 4.15. The first-order chi connectivity index (χ1) is 15.1. The van der Waals surface area contributed by atoms with Crippen LogP contribution in [0.25, 0.3) is 0 Å². The molecule has 3 heterocycles. The Labute approximate surface area is 183 Å². The smallest absolute Gasteiger partial charge is 0.259 e. The molecule has 0 atom stereocenters. The predicted molar refractivity (Wildman–Crippen MR) is 122 cm³/mol. The third kappa shape index (κ3) is 5.42. The molecule has 3 aromatic rings. The third-order valence-corrected chi connectivity index (χ3v) is 5.60. The first kappa shape index (κ1) is 20.9. The Hall–Kier alpha value is -3.35. The van der Waals surface area contributed by atoms with Crippen molar-refractivity contribution in [2.24, 2.45) is 5.92 Å². The highest BCUT2D eigenvalue weighted by atomic mass is 16.5. The van der Waals surface area contributed by atoms with Gasteiger partial charge in [-0.15, -0.1) is 0 Å². The van der Waals surface area contributed by atoms with E-state index in [-0.39, 0.29) is 5.91 Å². The van der Waals surface area contributed by atoms with Crippen LogP contribution in [-0.4, -0.2) is 40.4 Å². The minimum atomic E-state index is -0.145. The molecule has 162 valence electrons. The molecule has 0 spiro atoms. The Morgan fingerprint density at radius 2 is 1.94 bits per heavy atom. The molecule has 1 aromatic carbocycles. The lowest BCUT2D eigenvalue weighted by Crippen LogP contribution is -2.35. The minimum absolute atomic E-state index is 0.145. The number of nitrogens with one attached hydrogen (secondary N) is 1. The van der Waals surface area contributed by atoms with Crippen LogP contribution in [0, 0.1) is 12.8 Å². The fourth-order valence-corrected chi connectivity index (χ4v) is 3.70. The normalized spacial score (nSPS) is 14.5. The largest absolute Gasteiger partial charge is 0.492 e. The minimum Gasteiger partial charge on any atom is -0.492 e. The second kappa shape index (κ2) is 9.64. The number of pyridine rings is 1. The van der Waals surface area contributed by atoms with Gasteiger partial charge in [-0.3, -0.25) is 9.48 Å². The third-order valence-electron chi connectivity index (χ3n) is 5.60. The van der Waals surface area contributed by atoms with Gasteiger partial charge in [0.25, 0.3) is 5.91 Å². The van der Waals surface area contributed by atoms with E-state index in [0.29, 0.717) is 18.7 Å². The summed E-state index contributed by atoms with van der Waals surface area (Å²) in [6.45, 7) is 7.32. The number of anilines is 2. The van der Waals surface area contributed by atoms with Crippen LogP contribution in [0.15, 0.2) is 54.9 Å². The second-order valence-electron chi connectivity index (χ2n) is 8.09. The molecule has 2 aromatic heterocycles. The number of nitrogens with zero attached hydrogens (tertiary/aromatic N) is 4. The average molecular weight is 420 g/mol. The van der Waals surface area contributed by atoms with Crippen LogP contribution in [0.3, 0.4) is 0 Å². The van der Waals surface area contributed by atoms with E-state index in [1.54, 1.807) is 6.20 Å². The number of ether oxygens (including phenoxy) is 1. The van der Waals surface area contributed by atoms with Crippen molar-refractivity contribution >= 4 is 17.4 Å². The van der Waals surface area contributed by atoms with Gasteiger partial charge in [0.05, 0.1) is 12.1 Å². The maximum Gasteiger partial charge on any atom is 0.259 e. The topological polar surface area (TPSA) is 72.3 Å². The van der Waals surface area contributed by atoms with E-state index in [1.165, 1.54) is 0 Å². The summed E-state index contributed by atoms with van der Waals surface area (Å²) in [4.78, 5) is 19.9. The summed E-state index contributed by atoms with van der Waals surface area (Å²) in [6, 6.07) is 13.1. The van der Waals surface area contributed by atoms with E-state index < -0.39 is 0 Å². The maximum absolute atomic E-state index is 13.0. The SMILES string of the molecule is Cc1ccc(C(=O)Nc2ccc(OCCn3cccn3)cc2)c(N2CCC(C)CC2)n1. The van der Waals surface area contributed by atoms with Crippen molar-refractivity contribution in [2.45, 2.75) is 33.2 Å². The van der Waals surface area contributed by atoms with E-state index in [1.807, 2.05) is 60.3 Å². The lowest BCUT2D eigenvalue weighted by Gasteiger charge is -2.32. The molecule has 1 fully saturated rings. The van der Waals surface area contributed by atoms with Gasteiger partial charge in [0.15, 0.2) is 0 Å². The van der Waals surface area contributed by atoms with Crippen LogP contribution >= 0.6 is 0 Å². The molecule has 0 saturated carbocycles. The number of benzene rings is 1. The zero-order chi connectivity index (χ0) is 21.6. The number of aromatic nitrogens is 3. The van der Waals surface area contributed by atoms with Gasteiger partial charge >= 0.3 is 0 Å². The Bertz CT molecular complexity index is 993. The van der Waals surface area contributed by atoms with E-state index >= 15 is 0 Å². The summed E-state index contributed by atoms with van der Waals surface area (Å²) in [6.07, 6.45) is 5.90. The zero-order valence-electron chi connectivity index (χ0n) is 18.1. The van der Waals surface area contributed by atoms with Crippen LogP contribution in [0.4, 0.5) is 11.5 Å². The number of carbonyl (C=O) groups excluding carboxylic acids is 1. The van der Waals surface area contributed by atoms with Gasteiger partial charge in [-0.1, -0.05) is 6.92 Å². The van der Waals surface area contributed by atoms with Gasteiger partial charge in [-0.25, -0.2) is 4.98 Å². The van der Waals surface area contributed by atoms with Crippen LogP contribution in [0.2, 0.25) is 0 Å². The van der Waals surface area contributed by atoms with Crippen molar-refractivity contribution in [3.8, 4) is 5.75 Å². The van der Waals surface area contributed by atoms with Crippen LogP contribution in [-0.2, 0) is 6.54 Å². The number of hydrogen-bond acceptors (Lipinski definition) is 5. The molecular weight excluding hydrogens is 390 g/mol. The molecule has 0 unspecified atom stereocenters. The Balaban J connectivity index is 1.39. The molecule has 0 aliphatic carbocycles. The van der Waals surface area contributed by atoms with Crippen molar-refractivity contribution in [1.29, 1.82) is 0 Å². The monoisotopic (exact) mass is 419 g/mol. The van der Waals surface area contributed by atoms with Crippen molar-refractivity contribution < 1.29 is 9.53 Å². The van der Waals surface area contributed by atoms with Crippen molar-refractivity contribution in [1.82, 2.24) is 14.8 Å². The van der Waals surface area contributed by atoms with Gasteiger partial charge in [0.1, 0.15) is 18.2 Å². The quantitative estimate of drug-likeness (QED) is 0.623. The van der Waals surface area contributed by atoms with Crippen molar-refractivity contribution in [3.05, 3.63) is 66.1 Å². The van der Waals surface area contributed by atoms with Gasteiger partial charge in [0, 0.05) is 36.9 Å². The number of piperidine rings is 1.